The topological polar surface area (TPSA) is 53.4 Å². The molecule has 3 unspecified atom stereocenters. The van der Waals surface area contributed by atoms with Crippen LogP contribution in [0.1, 0.15) is 53.7 Å². The number of aromatic nitrogens is 1. The summed E-state index contributed by atoms with van der Waals surface area (Å²) in [4.78, 5) is 19.5. The van der Waals surface area contributed by atoms with Gasteiger partial charge in [0.05, 0.1) is 5.60 Å². The van der Waals surface area contributed by atoms with Crippen molar-refractivity contribution in [1.82, 2.24) is 9.88 Å². The first-order valence-corrected chi connectivity index (χ1v) is 9.62. The molecule has 4 nitrogen and oxygen atoms in total. The van der Waals surface area contributed by atoms with Gasteiger partial charge in [0.25, 0.3) is 5.91 Å². The number of aliphatic hydroxyl groups is 1. The van der Waals surface area contributed by atoms with Crippen LogP contribution in [0.5, 0.6) is 0 Å². The molecule has 1 N–H and O–H groups in total. The Labute approximate surface area is 154 Å². The van der Waals surface area contributed by atoms with Gasteiger partial charge >= 0.3 is 0 Å². The third-order valence-corrected chi connectivity index (χ3v) is 6.22. The number of pyridine rings is 1. The minimum absolute atomic E-state index is 0.00936. The van der Waals surface area contributed by atoms with Gasteiger partial charge in [-0.25, -0.2) is 0 Å². The van der Waals surface area contributed by atoms with Gasteiger partial charge in [0.15, 0.2) is 0 Å². The fraction of sp³-hybridized carbons (Fsp3) is 0.455. The molecule has 2 fully saturated rings. The van der Waals surface area contributed by atoms with Crippen LogP contribution in [0, 0.1) is 12.8 Å². The number of likely N-dealkylation sites (tertiary alicyclic amines) is 1. The lowest BCUT2D eigenvalue weighted by Crippen LogP contribution is -2.59. The van der Waals surface area contributed by atoms with Crippen molar-refractivity contribution in [2.45, 2.75) is 50.7 Å². The maximum Gasteiger partial charge on any atom is 0.272 e. The second kappa shape index (κ2) is 6.84. The van der Waals surface area contributed by atoms with E-state index in [4.69, 9.17) is 0 Å². The Morgan fingerprint density at radius 3 is 2.69 bits per heavy atom. The predicted molar refractivity (Wildman–Crippen MR) is 101 cm³/mol. The van der Waals surface area contributed by atoms with Crippen molar-refractivity contribution < 1.29 is 9.90 Å². The second-order valence-corrected chi connectivity index (χ2v) is 7.67. The minimum atomic E-state index is -0.845. The molecular formula is C22H26N2O2. The van der Waals surface area contributed by atoms with Crippen LogP contribution in [-0.2, 0) is 5.60 Å². The molecule has 3 atom stereocenters. The number of amides is 1. The second-order valence-electron chi connectivity index (χ2n) is 7.67. The van der Waals surface area contributed by atoms with Crippen molar-refractivity contribution in [3.63, 3.8) is 0 Å². The Bertz CT molecular complexity index is 792. The molecule has 1 aromatic heterocycles. The Hall–Kier alpha value is -2.20. The molecule has 26 heavy (non-hydrogen) atoms. The number of fused-ring (bicyclic) bond motifs is 1. The molecule has 1 amide bonds. The monoisotopic (exact) mass is 350 g/mol. The molecular weight excluding hydrogens is 324 g/mol. The third kappa shape index (κ3) is 2.82. The Kier molecular flexibility index (Phi) is 4.53. The summed E-state index contributed by atoms with van der Waals surface area (Å²) in [6.45, 7) is 2.50. The highest BCUT2D eigenvalue weighted by Gasteiger charge is 2.50. The molecule has 0 spiro atoms. The van der Waals surface area contributed by atoms with E-state index in [2.05, 4.69) is 4.98 Å². The van der Waals surface area contributed by atoms with E-state index < -0.39 is 5.60 Å². The Morgan fingerprint density at radius 2 is 1.92 bits per heavy atom. The normalized spacial score (nSPS) is 28.5. The molecule has 1 aliphatic heterocycles. The average Bonchev–Trinajstić information content (AvgIpc) is 2.69. The summed E-state index contributed by atoms with van der Waals surface area (Å²) in [7, 11) is 0. The minimum Gasteiger partial charge on any atom is -0.385 e. The van der Waals surface area contributed by atoms with Gasteiger partial charge in [0, 0.05) is 24.7 Å². The molecule has 2 heterocycles. The van der Waals surface area contributed by atoms with Gasteiger partial charge in [-0.1, -0.05) is 49.2 Å². The number of carbonyl (C=O) groups excluding carboxylic acids is 1. The van der Waals surface area contributed by atoms with Crippen LogP contribution in [0.3, 0.4) is 0 Å². The summed E-state index contributed by atoms with van der Waals surface area (Å²) >= 11 is 0. The van der Waals surface area contributed by atoms with Gasteiger partial charge in [-0.15, -0.1) is 0 Å². The van der Waals surface area contributed by atoms with Gasteiger partial charge < -0.3 is 10.0 Å². The molecule has 0 radical (unpaired) electrons. The molecule has 1 saturated carbocycles. The van der Waals surface area contributed by atoms with Crippen molar-refractivity contribution in [3.8, 4) is 0 Å². The number of piperidine rings is 1. The largest absolute Gasteiger partial charge is 0.385 e. The highest BCUT2D eigenvalue weighted by molar-refractivity contribution is 5.94. The molecule has 1 aromatic carbocycles. The summed E-state index contributed by atoms with van der Waals surface area (Å²) in [5.74, 6) is 0.0930. The summed E-state index contributed by atoms with van der Waals surface area (Å²) in [6.07, 6.45) is 6.40. The van der Waals surface area contributed by atoms with Gasteiger partial charge in [-0.3, -0.25) is 9.78 Å². The molecule has 4 rings (SSSR count). The molecule has 2 aliphatic rings. The van der Waals surface area contributed by atoms with Gasteiger partial charge in [0.2, 0.25) is 0 Å². The van der Waals surface area contributed by atoms with Crippen LogP contribution in [-0.4, -0.2) is 33.5 Å². The summed E-state index contributed by atoms with van der Waals surface area (Å²) in [5, 5.41) is 11.6. The van der Waals surface area contributed by atoms with Crippen molar-refractivity contribution in [1.29, 1.82) is 0 Å². The number of nitrogens with zero attached hydrogens (tertiary/aromatic N) is 2. The van der Waals surface area contributed by atoms with Crippen molar-refractivity contribution >= 4 is 5.91 Å². The van der Waals surface area contributed by atoms with E-state index in [0.717, 1.165) is 36.8 Å². The Morgan fingerprint density at radius 1 is 1.15 bits per heavy atom. The van der Waals surface area contributed by atoms with Crippen LogP contribution in [0.15, 0.2) is 48.7 Å². The van der Waals surface area contributed by atoms with Crippen molar-refractivity contribution in [2.24, 2.45) is 5.92 Å². The standard InChI is InChI=1S/C22H26N2O2/c1-16-8-7-14-23-20(16)21(25)24-15-13-22(26,17-9-3-2-4-10-17)18-11-5-6-12-19(18)24/h2-4,7-10,14,18-19,26H,5-6,11-13,15H2,1H3. The molecule has 4 heteroatoms. The van der Waals surface area contributed by atoms with Crippen molar-refractivity contribution in [2.75, 3.05) is 6.54 Å². The molecule has 1 saturated heterocycles. The SMILES string of the molecule is Cc1cccnc1C(=O)N1CCC(O)(c2ccccc2)C2CCCCC21. The number of aryl methyl sites for hydroxylation is 1. The van der Waals surface area contributed by atoms with Crippen LogP contribution in [0.2, 0.25) is 0 Å². The quantitative estimate of drug-likeness (QED) is 0.899. The first kappa shape index (κ1) is 17.2. The van der Waals surface area contributed by atoms with E-state index in [0.29, 0.717) is 18.7 Å². The van der Waals surface area contributed by atoms with E-state index in [1.165, 1.54) is 0 Å². The Balaban J connectivity index is 1.67. The number of rotatable bonds is 2. The molecule has 136 valence electrons. The zero-order valence-corrected chi connectivity index (χ0v) is 15.3. The molecule has 2 aromatic rings. The number of carbonyl (C=O) groups is 1. The van der Waals surface area contributed by atoms with E-state index in [1.807, 2.05) is 54.3 Å². The lowest BCUT2D eigenvalue weighted by molar-refractivity contribution is -0.110. The lowest BCUT2D eigenvalue weighted by atomic mass is 9.66. The molecule has 1 aliphatic carbocycles. The summed E-state index contributed by atoms with van der Waals surface area (Å²) in [6, 6.07) is 13.9. The first-order valence-electron chi connectivity index (χ1n) is 9.62. The van der Waals surface area contributed by atoms with Crippen LogP contribution >= 0.6 is 0 Å². The maximum atomic E-state index is 13.2. The fourth-order valence-electron chi connectivity index (χ4n) is 4.87. The van der Waals surface area contributed by atoms with Crippen LogP contribution < -0.4 is 0 Å². The lowest BCUT2D eigenvalue weighted by Gasteiger charge is -2.52. The van der Waals surface area contributed by atoms with E-state index >= 15 is 0 Å². The zero-order valence-electron chi connectivity index (χ0n) is 15.3. The van der Waals surface area contributed by atoms with E-state index in [-0.39, 0.29) is 17.9 Å². The smallest absolute Gasteiger partial charge is 0.272 e. The summed E-state index contributed by atoms with van der Waals surface area (Å²) < 4.78 is 0. The zero-order chi connectivity index (χ0) is 18.1. The van der Waals surface area contributed by atoms with Crippen LogP contribution in [0.25, 0.3) is 0 Å². The number of hydrogen-bond donors (Lipinski definition) is 1. The number of benzene rings is 1. The van der Waals surface area contributed by atoms with Gasteiger partial charge in [0.1, 0.15) is 5.69 Å². The van der Waals surface area contributed by atoms with Gasteiger partial charge in [-0.2, -0.15) is 0 Å². The van der Waals surface area contributed by atoms with Crippen molar-refractivity contribution in [3.05, 3.63) is 65.5 Å². The first-order chi connectivity index (χ1) is 12.6. The predicted octanol–water partition coefficient (Wildman–Crippen LogP) is 3.68. The highest BCUT2D eigenvalue weighted by Crippen LogP contribution is 2.47. The van der Waals surface area contributed by atoms with Gasteiger partial charge in [-0.05, 0) is 43.4 Å². The molecule has 0 bridgehead atoms. The fourth-order valence-corrected chi connectivity index (χ4v) is 4.87. The van der Waals surface area contributed by atoms with Crippen LogP contribution in [0.4, 0.5) is 0 Å². The summed E-state index contributed by atoms with van der Waals surface area (Å²) in [5.41, 5.74) is 1.59. The third-order valence-electron chi connectivity index (χ3n) is 6.22. The average molecular weight is 350 g/mol. The highest BCUT2D eigenvalue weighted by atomic mass is 16.3. The maximum absolute atomic E-state index is 13.2. The van der Waals surface area contributed by atoms with E-state index in [1.54, 1.807) is 6.20 Å². The number of hydrogen-bond acceptors (Lipinski definition) is 3. The van der Waals surface area contributed by atoms with E-state index in [9.17, 15) is 9.90 Å².